The van der Waals surface area contributed by atoms with Gasteiger partial charge in [-0.1, -0.05) is 18.2 Å². The molecule has 5 nitrogen and oxygen atoms in total. The van der Waals surface area contributed by atoms with Crippen LogP contribution in [0.5, 0.6) is 0 Å². The van der Waals surface area contributed by atoms with Gasteiger partial charge >= 0.3 is 0 Å². The number of nitrogens with one attached hydrogen (secondary N) is 1. The van der Waals surface area contributed by atoms with Gasteiger partial charge in [0.05, 0.1) is 4.90 Å². The molecular formula is C13H20N2O3S. The minimum absolute atomic E-state index is 0.279. The Kier molecular flexibility index (Phi) is 4.25. The van der Waals surface area contributed by atoms with Crippen LogP contribution in [-0.2, 0) is 14.8 Å². The molecule has 0 spiro atoms. The fourth-order valence-corrected chi connectivity index (χ4v) is 4.03. The second-order valence-electron chi connectivity index (χ2n) is 4.97. The zero-order chi connectivity index (χ0) is 13.9. The molecule has 1 aromatic rings. The van der Waals surface area contributed by atoms with Gasteiger partial charge in [-0.15, -0.1) is 0 Å². The molecule has 0 saturated carbocycles. The Labute approximate surface area is 114 Å². The Morgan fingerprint density at radius 3 is 2.53 bits per heavy atom. The van der Waals surface area contributed by atoms with Crippen LogP contribution >= 0.6 is 0 Å². The van der Waals surface area contributed by atoms with E-state index in [0.29, 0.717) is 31.0 Å². The highest BCUT2D eigenvalue weighted by atomic mass is 32.2. The summed E-state index contributed by atoms with van der Waals surface area (Å²) in [6, 6.07) is 6.94. The number of aryl methyl sites for hydroxylation is 1. The smallest absolute Gasteiger partial charge is 0.241 e. The molecule has 106 valence electrons. The molecule has 6 heteroatoms. The van der Waals surface area contributed by atoms with Gasteiger partial charge < -0.3 is 10.5 Å². The maximum absolute atomic E-state index is 12.5. The van der Waals surface area contributed by atoms with Gasteiger partial charge in [-0.3, -0.25) is 0 Å². The van der Waals surface area contributed by atoms with E-state index in [9.17, 15) is 8.42 Å². The summed E-state index contributed by atoms with van der Waals surface area (Å²) in [4.78, 5) is 0.314. The molecular weight excluding hydrogens is 264 g/mol. The van der Waals surface area contributed by atoms with Gasteiger partial charge in [0.15, 0.2) is 0 Å². The SMILES string of the molecule is Cc1ccccc1S(=O)(=O)NC1(CN)CCOCC1. The largest absolute Gasteiger partial charge is 0.381 e. The maximum atomic E-state index is 12.5. The van der Waals surface area contributed by atoms with Gasteiger partial charge in [-0.05, 0) is 31.4 Å². The highest BCUT2D eigenvalue weighted by Crippen LogP contribution is 2.23. The highest BCUT2D eigenvalue weighted by molar-refractivity contribution is 7.89. The number of ether oxygens (including phenoxy) is 1. The molecule has 19 heavy (non-hydrogen) atoms. The molecule has 2 rings (SSSR count). The van der Waals surface area contributed by atoms with Crippen LogP contribution in [0, 0.1) is 6.92 Å². The van der Waals surface area contributed by atoms with Crippen molar-refractivity contribution >= 4 is 10.0 Å². The summed E-state index contributed by atoms with van der Waals surface area (Å²) in [6.07, 6.45) is 1.21. The van der Waals surface area contributed by atoms with Crippen LogP contribution in [0.2, 0.25) is 0 Å². The summed E-state index contributed by atoms with van der Waals surface area (Å²) in [6.45, 7) is 3.14. The molecule has 3 N–H and O–H groups in total. The number of rotatable bonds is 4. The lowest BCUT2D eigenvalue weighted by molar-refractivity contribution is 0.0502. The Hall–Kier alpha value is -0.950. The zero-order valence-corrected chi connectivity index (χ0v) is 11.9. The van der Waals surface area contributed by atoms with Crippen molar-refractivity contribution in [2.24, 2.45) is 5.73 Å². The zero-order valence-electron chi connectivity index (χ0n) is 11.1. The van der Waals surface area contributed by atoms with Crippen molar-refractivity contribution in [2.75, 3.05) is 19.8 Å². The lowest BCUT2D eigenvalue weighted by Gasteiger charge is -2.36. The molecule has 1 aromatic carbocycles. The van der Waals surface area contributed by atoms with Crippen molar-refractivity contribution < 1.29 is 13.2 Å². The molecule has 0 unspecified atom stereocenters. The number of nitrogens with two attached hydrogens (primary N) is 1. The molecule has 1 aliphatic heterocycles. The second-order valence-corrected chi connectivity index (χ2v) is 6.62. The summed E-state index contributed by atoms with van der Waals surface area (Å²) in [5.41, 5.74) is 5.93. The van der Waals surface area contributed by atoms with E-state index in [2.05, 4.69) is 4.72 Å². The summed E-state index contributed by atoms with van der Waals surface area (Å²) < 4.78 is 33.0. The topological polar surface area (TPSA) is 81.4 Å². The first-order chi connectivity index (χ1) is 8.99. The molecule has 0 radical (unpaired) electrons. The van der Waals surface area contributed by atoms with E-state index in [-0.39, 0.29) is 6.54 Å². The van der Waals surface area contributed by atoms with Crippen molar-refractivity contribution in [3.63, 3.8) is 0 Å². The van der Waals surface area contributed by atoms with E-state index >= 15 is 0 Å². The predicted molar refractivity (Wildman–Crippen MR) is 73.3 cm³/mol. The first-order valence-electron chi connectivity index (χ1n) is 6.37. The molecule has 0 aromatic heterocycles. The minimum Gasteiger partial charge on any atom is -0.381 e. The number of benzene rings is 1. The third-order valence-electron chi connectivity index (χ3n) is 3.57. The standard InChI is InChI=1S/C13H20N2O3S/c1-11-4-2-3-5-12(11)19(16,17)15-13(10-14)6-8-18-9-7-13/h2-5,15H,6-10,14H2,1H3. The lowest BCUT2D eigenvalue weighted by Crippen LogP contribution is -2.56. The molecule has 1 heterocycles. The number of hydrogen-bond donors (Lipinski definition) is 2. The van der Waals surface area contributed by atoms with Crippen molar-refractivity contribution in [3.8, 4) is 0 Å². The normalized spacial score (nSPS) is 19.3. The lowest BCUT2D eigenvalue weighted by atomic mass is 9.92. The molecule has 0 amide bonds. The summed E-state index contributed by atoms with van der Waals surface area (Å²) in [7, 11) is -3.55. The molecule has 1 aliphatic rings. The van der Waals surface area contributed by atoms with Crippen LogP contribution in [-0.4, -0.2) is 33.7 Å². The fraction of sp³-hybridized carbons (Fsp3) is 0.538. The van der Waals surface area contributed by atoms with Crippen LogP contribution in [0.3, 0.4) is 0 Å². The van der Waals surface area contributed by atoms with Crippen LogP contribution < -0.4 is 10.5 Å². The Balaban J connectivity index is 2.28. The van der Waals surface area contributed by atoms with Gasteiger partial charge in [-0.25, -0.2) is 13.1 Å². The van der Waals surface area contributed by atoms with Crippen LogP contribution in [0.25, 0.3) is 0 Å². The summed E-state index contributed by atoms with van der Waals surface area (Å²) in [5.74, 6) is 0. The molecule has 1 saturated heterocycles. The van der Waals surface area contributed by atoms with E-state index in [1.807, 2.05) is 6.07 Å². The van der Waals surface area contributed by atoms with E-state index in [1.165, 1.54) is 0 Å². The fourth-order valence-electron chi connectivity index (χ4n) is 2.31. The van der Waals surface area contributed by atoms with Crippen LogP contribution in [0.1, 0.15) is 18.4 Å². The Morgan fingerprint density at radius 2 is 1.95 bits per heavy atom. The average molecular weight is 284 g/mol. The third-order valence-corrected chi connectivity index (χ3v) is 5.31. The maximum Gasteiger partial charge on any atom is 0.241 e. The van der Waals surface area contributed by atoms with Crippen molar-refractivity contribution in [2.45, 2.75) is 30.2 Å². The van der Waals surface area contributed by atoms with E-state index < -0.39 is 15.6 Å². The molecule has 0 aliphatic carbocycles. The summed E-state index contributed by atoms with van der Waals surface area (Å²) >= 11 is 0. The van der Waals surface area contributed by atoms with Crippen molar-refractivity contribution in [1.29, 1.82) is 0 Å². The number of hydrogen-bond acceptors (Lipinski definition) is 4. The van der Waals surface area contributed by atoms with Gasteiger partial charge in [0.25, 0.3) is 0 Å². The molecule has 0 bridgehead atoms. The summed E-state index contributed by atoms with van der Waals surface area (Å²) in [5, 5.41) is 0. The number of sulfonamides is 1. The minimum atomic E-state index is -3.55. The first kappa shape index (κ1) is 14.5. The van der Waals surface area contributed by atoms with Gasteiger partial charge in [0, 0.05) is 25.3 Å². The van der Waals surface area contributed by atoms with Crippen molar-refractivity contribution in [3.05, 3.63) is 29.8 Å². The molecule has 1 fully saturated rings. The van der Waals surface area contributed by atoms with E-state index in [0.717, 1.165) is 5.56 Å². The second kappa shape index (κ2) is 5.58. The van der Waals surface area contributed by atoms with E-state index in [4.69, 9.17) is 10.5 Å². The van der Waals surface area contributed by atoms with E-state index in [1.54, 1.807) is 25.1 Å². The van der Waals surface area contributed by atoms with Crippen LogP contribution in [0.15, 0.2) is 29.2 Å². The van der Waals surface area contributed by atoms with Crippen LogP contribution in [0.4, 0.5) is 0 Å². The van der Waals surface area contributed by atoms with Gasteiger partial charge in [-0.2, -0.15) is 0 Å². The monoisotopic (exact) mass is 284 g/mol. The highest BCUT2D eigenvalue weighted by Gasteiger charge is 2.36. The predicted octanol–water partition coefficient (Wildman–Crippen LogP) is 0.781. The Bertz CT molecular complexity index is 537. The first-order valence-corrected chi connectivity index (χ1v) is 7.85. The Morgan fingerprint density at radius 1 is 1.32 bits per heavy atom. The average Bonchev–Trinajstić information content (AvgIpc) is 2.39. The van der Waals surface area contributed by atoms with Gasteiger partial charge in [0.1, 0.15) is 0 Å². The molecule has 0 atom stereocenters. The van der Waals surface area contributed by atoms with Gasteiger partial charge in [0.2, 0.25) is 10.0 Å². The third kappa shape index (κ3) is 3.14. The quantitative estimate of drug-likeness (QED) is 0.856. The van der Waals surface area contributed by atoms with Crippen molar-refractivity contribution in [1.82, 2.24) is 4.72 Å².